The molecule has 0 saturated heterocycles. The van der Waals surface area contributed by atoms with Crippen molar-refractivity contribution in [3.8, 4) is 5.75 Å². The third-order valence-corrected chi connectivity index (χ3v) is 5.32. The van der Waals surface area contributed by atoms with Crippen LogP contribution in [-0.4, -0.2) is 33.7 Å². The summed E-state index contributed by atoms with van der Waals surface area (Å²) >= 11 is 0. The van der Waals surface area contributed by atoms with Gasteiger partial charge in [0.25, 0.3) is 5.91 Å². The van der Waals surface area contributed by atoms with Crippen LogP contribution in [0.2, 0.25) is 0 Å². The predicted octanol–water partition coefficient (Wildman–Crippen LogP) is 3.50. The van der Waals surface area contributed by atoms with Crippen molar-refractivity contribution in [2.45, 2.75) is 33.3 Å². The van der Waals surface area contributed by atoms with Crippen molar-refractivity contribution >= 4 is 27.3 Å². The number of nitrogens with zero attached hydrogens (tertiary/aromatic N) is 1. The molecule has 2 rings (SSSR count). The lowest BCUT2D eigenvalue weighted by Crippen LogP contribution is -2.32. The first-order valence-electron chi connectivity index (χ1n) is 8.70. The standard InChI is InChI=1S/C20H26N2O4S/c1-6-19(26-18-11-14(2)10-15(3)12-18)20(23)21-16-8-7-9-17(13-16)22(4)27(5,24)25/h7-13,19H,6H2,1-5H3,(H,21,23)/t19-/m1/s1. The van der Waals surface area contributed by atoms with Crippen LogP contribution in [0.1, 0.15) is 24.5 Å². The minimum Gasteiger partial charge on any atom is -0.481 e. The molecule has 0 saturated carbocycles. The maximum absolute atomic E-state index is 12.6. The van der Waals surface area contributed by atoms with E-state index in [2.05, 4.69) is 5.32 Å². The second kappa shape index (κ2) is 8.43. The summed E-state index contributed by atoms with van der Waals surface area (Å²) in [6.45, 7) is 5.83. The van der Waals surface area contributed by atoms with E-state index in [4.69, 9.17) is 4.74 Å². The molecular formula is C20H26N2O4S. The molecule has 146 valence electrons. The average molecular weight is 391 g/mol. The fourth-order valence-electron chi connectivity index (χ4n) is 2.68. The number of aryl methyl sites for hydroxylation is 2. The minimum atomic E-state index is -3.38. The number of amides is 1. The van der Waals surface area contributed by atoms with Gasteiger partial charge in [-0.15, -0.1) is 0 Å². The molecule has 7 heteroatoms. The Hall–Kier alpha value is -2.54. The van der Waals surface area contributed by atoms with Crippen molar-refractivity contribution in [1.29, 1.82) is 0 Å². The summed E-state index contributed by atoms with van der Waals surface area (Å²) < 4.78 is 30.4. The highest BCUT2D eigenvalue weighted by Crippen LogP contribution is 2.22. The molecule has 1 N–H and O–H groups in total. The van der Waals surface area contributed by atoms with Gasteiger partial charge in [-0.05, 0) is 61.7 Å². The van der Waals surface area contributed by atoms with Gasteiger partial charge < -0.3 is 10.1 Å². The van der Waals surface area contributed by atoms with Crippen LogP contribution < -0.4 is 14.4 Å². The van der Waals surface area contributed by atoms with Crippen LogP contribution in [0.5, 0.6) is 5.75 Å². The van der Waals surface area contributed by atoms with Crippen LogP contribution in [-0.2, 0) is 14.8 Å². The second-order valence-electron chi connectivity index (χ2n) is 6.61. The Labute approximate surface area is 161 Å². The van der Waals surface area contributed by atoms with E-state index in [1.165, 1.54) is 7.05 Å². The lowest BCUT2D eigenvalue weighted by atomic mass is 10.1. The number of carbonyl (C=O) groups excluding carboxylic acids is 1. The number of carbonyl (C=O) groups is 1. The van der Waals surface area contributed by atoms with Gasteiger partial charge in [-0.3, -0.25) is 9.10 Å². The molecule has 0 aliphatic carbocycles. The van der Waals surface area contributed by atoms with Gasteiger partial charge in [0.15, 0.2) is 6.10 Å². The molecular weight excluding hydrogens is 364 g/mol. The van der Waals surface area contributed by atoms with Gasteiger partial charge in [0.1, 0.15) is 5.75 Å². The lowest BCUT2D eigenvalue weighted by Gasteiger charge is -2.20. The van der Waals surface area contributed by atoms with Crippen LogP contribution in [0.15, 0.2) is 42.5 Å². The van der Waals surface area contributed by atoms with Crippen LogP contribution >= 0.6 is 0 Å². The van der Waals surface area contributed by atoms with Gasteiger partial charge in [-0.1, -0.05) is 19.1 Å². The number of sulfonamides is 1. The Morgan fingerprint density at radius 1 is 1.15 bits per heavy atom. The monoisotopic (exact) mass is 390 g/mol. The smallest absolute Gasteiger partial charge is 0.265 e. The summed E-state index contributed by atoms with van der Waals surface area (Å²) in [5, 5.41) is 2.80. The van der Waals surface area contributed by atoms with Gasteiger partial charge in [0.05, 0.1) is 11.9 Å². The highest BCUT2D eigenvalue weighted by molar-refractivity contribution is 7.92. The summed E-state index contributed by atoms with van der Waals surface area (Å²) in [5.74, 6) is 0.371. The number of hydrogen-bond acceptors (Lipinski definition) is 4. The van der Waals surface area contributed by atoms with Crippen molar-refractivity contribution in [2.24, 2.45) is 0 Å². The number of hydrogen-bond donors (Lipinski definition) is 1. The summed E-state index contributed by atoms with van der Waals surface area (Å²) in [5.41, 5.74) is 3.11. The van der Waals surface area contributed by atoms with Crippen molar-refractivity contribution in [3.05, 3.63) is 53.6 Å². The zero-order chi connectivity index (χ0) is 20.2. The van der Waals surface area contributed by atoms with Crippen molar-refractivity contribution in [1.82, 2.24) is 0 Å². The first kappa shape index (κ1) is 20.8. The van der Waals surface area contributed by atoms with Crippen LogP contribution in [0.3, 0.4) is 0 Å². The summed E-state index contributed by atoms with van der Waals surface area (Å²) in [4.78, 5) is 12.6. The number of benzene rings is 2. The number of anilines is 2. The van der Waals surface area contributed by atoms with Crippen molar-refractivity contribution in [2.75, 3.05) is 22.9 Å². The summed E-state index contributed by atoms with van der Waals surface area (Å²) in [6.07, 6.45) is 0.979. The zero-order valence-corrected chi connectivity index (χ0v) is 17.1. The molecule has 0 aromatic heterocycles. The third kappa shape index (κ3) is 5.72. The third-order valence-electron chi connectivity index (χ3n) is 4.11. The van der Waals surface area contributed by atoms with E-state index in [0.717, 1.165) is 21.7 Å². The molecule has 0 aliphatic rings. The molecule has 2 aromatic rings. The topological polar surface area (TPSA) is 75.7 Å². The van der Waals surface area contributed by atoms with Crippen molar-refractivity contribution < 1.29 is 17.9 Å². The highest BCUT2D eigenvalue weighted by atomic mass is 32.2. The molecule has 0 radical (unpaired) electrons. The lowest BCUT2D eigenvalue weighted by molar-refractivity contribution is -0.122. The predicted molar refractivity (Wildman–Crippen MR) is 109 cm³/mol. The summed E-state index contributed by atoms with van der Waals surface area (Å²) in [6, 6.07) is 12.5. The minimum absolute atomic E-state index is 0.282. The number of rotatable bonds is 7. The zero-order valence-electron chi connectivity index (χ0n) is 16.3. The molecule has 0 bridgehead atoms. The SMILES string of the molecule is CC[C@@H](Oc1cc(C)cc(C)c1)C(=O)Nc1cccc(N(C)S(C)(=O)=O)c1. The van der Waals surface area contributed by atoms with E-state index in [1.54, 1.807) is 24.3 Å². The second-order valence-corrected chi connectivity index (χ2v) is 8.62. The van der Waals surface area contributed by atoms with E-state index < -0.39 is 16.1 Å². The van der Waals surface area contributed by atoms with E-state index >= 15 is 0 Å². The van der Waals surface area contributed by atoms with E-state index in [1.807, 2.05) is 39.0 Å². The van der Waals surface area contributed by atoms with Crippen LogP contribution in [0.25, 0.3) is 0 Å². The summed E-state index contributed by atoms with van der Waals surface area (Å²) in [7, 11) is -1.91. The fourth-order valence-corrected chi connectivity index (χ4v) is 3.18. The highest BCUT2D eigenvalue weighted by Gasteiger charge is 2.19. The Bertz CT molecular complexity index is 905. The molecule has 0 heterocycles. The Balaban J connectivity index is 2.15. The maximum Gasteiger partial charge on any atom is 0.265 e. The molecule has 6 nitrogen and oxygen atoms in total. The van der Waals surface area contributed by atoms with E-state index in [0.29, 0.717) is 23.5 Å². The molecule has 0 spiro atoms. The Morgan fingerprint density at radius 2 is 1.78 bits per heavy atom. The normalized spacial score (nSPS) is 12.3. The molecule has 1 amide bonds. The molecule has 0 fully saturated rings. The average Bonchev–Trinajstić information content (AvgIpc) is 2.57. The van der Waals surface area contributed by atoms with Crippen LogP contribution in [0, 0.1) is 13.8 Å². The van der Waals surface area contributed by atoms with Gasteiger partial charge >= 0.3 is 0 Å². The molecule has 2 aromatic carbocycles. The maximum atomic E-state index is 12.6. The van der Waals surface area contributed by atoms with E-state index in [9.17, 15) is 13.2 Å². The molecule has 1 atom stereocenters. The first-order chi connectivity index (χ1) is 12.6. The first-order valence-corrected chi connectivity index (χ1v) is 10.5. The largest absolute Gasteiger partial charge is 0.481 e. The van der Waals surface area contributed by atoms with Gasteiger partial charge in [-0.2, -0.15) is 0 Å². The molecule has 27 heavy (non-hydrogen) atoms. The molecule has 0 aliphatic heterocycles. The fraction of sp³-hybridized carbons (Fsp3) is 0.350. The van der Waals surface area contributed by atoms with Gasteiger partial charge in [0, 0.05) is 12.7 Å². The Morgan fingerprint density at radius 3 is 2.33 bits per heavy atom. The van der Waals surface area contributed by atoms with Gasteiger partial charge in [0.2, 0.25) is 10.0 Å². The quantitative estimate of drug-likeness (QED) is 0.785. The van der Waals surface area contributed by atoms with Crippen LogP contribution in [0.4, 0.5) is 11.4 Å². The van der Waals surface area contributed by atoms with E-state index in [-0.39, 0.29) is 5.91 Å². The number of ether oxygens (including phenoxy) is 1. The molecule has 0 unspecified atom stereocenters. The van der Waals surface area contributed by atoms with Gasteiger partial charge in [-0.25, -0.2) is 8.42 Å². The number of nitrogens with one attached hydrogen (secondary N) is 1. The van der Waals surface area contributed by atoms with Crippen molar-refractivity contribution in [3.63, 3.8) is 0 Å². The Kier molecular flexibility index (Phi) is 6.49.